The van der Waals surface area contributed by atoms with E-state index in [1.54, 1.807) is 11.3 Å². The highest BCUT2D eigenvalue weighted by Gasteiger charge is 2.27. The zero-order chi connectivity index (χ0) is 22.5. The lowest BCUT2D eigenvalue weighted by atomic mass is 9.95. The van der Waals surface area contributed by atoms with Crippen LogP contribution in [-0.4, -0.2) is 41.6 Å². The van der Waals surface area contributed by atoms with E-state index < -0.39 is 0 Å². The van der Waals surface area contributed by atoms with Gasteiger partial charge in [0, 0.05) is 29.2 Å². The van der Waals surface area contributed by atoms with Gasteiger partial charge in [0.2, 0.25) is 0 Å². The van der Waals surface area contributed by atoms with Gasteiger partial charge in [0.1, 0.15) is 5.00 Å². The Hall–Kier alpha value is -2.45. The topological polar surface area (TPSA) is 70.7 Å². The van der Waals surface area contributed by atoms with Crippen LogP contribution >= 0.6 is 23.6 Å². The van der Waals surface area contributed by atoms with Crippen molar-refractivity contribution in [2.45, 2.75) is 51.9 Å². The van der Waals surface area contributed by atoms with Crippen molar-refractivity contribution in [1.82, 2.24) is 4.90 Å². The minimum atomic E-state index is -0.294. The normalized spacial score (nSPS) is 15.6. The summed E-state index contributed by atoms with van der Waals surface area (Å²) in [5, 5.41) is 7.52. The van der Waals surface area contributed by atoms with Crippen LogP contribution in [0.25, 0.3) is 0 Å². The van der Waals surface area contributed by atoms with Crippen molar-refractivity contribution in [2.24, 2.45) is 0 Å². The SMILES string of the molecule is CCOC(=O)c1c(NC(=S)Nc2ccc(C(=O)N3CCCCC3)cc2)sc2c1CCCC2. The number of fused-ring (bicyclic) bond motifs is 1. The molecule has 2 aliphatic rings. The molecule has 0 saturated carbocycles. The van der Waals surface area contributed by atoms with Gasteiger partial charge < -0.3 is 20.3 Å². The summed E-state index contributed by atoms with van der Waals surface area (Å²) in [7, 11) is 0. The second-order valence-corrected chi connectivity index (χ2v) is 9.66. The van der Waals surface area contributed by atoms with Crippen LogP contribution in [0.5, 0.6) is 0 Å². The number of piperidine rings is 1. The fraction of sp³-hybridized carbons (Fsp3) is 0.458. The molecule has 6 nitrogen and oxygen atoms in total. The van der Waals surface area contributed by atoms with Gasteiger partial charge in [0.25, 0.3) is 5.91 Å². The van der Waals surface area contributed by atoms with Crippen molar-refractivity contribution in [3.8, 4) is 0 Å². The molecule has 1 fully saturated rings. The number of benzene rings is 1. The maximum atomic E-state index is 12.7. The number of ether oxygens (including phenoxy) is 1. The van der Waals surface area contributed by atoms with Crippen molar-refractivity contribution in [3.63, 3.8) is 0 Å². The molecule has 2 heterocycles. The number of amides is 1. The Morgan fingerprint density at radius 3 is 2.47 bits per heavy atom. The predicted molar refractivity (Wildman–Crippen MR) is 133 cm³/mol. The minimum absolute atomic E-state index is 0.0835. The molecule has 1 amide bonds. The number of aryl methyl sites for hydroxylation is 1. The van der Waals surface area contributed by atoms with Crippen molar-refractivity contribution in [2.75, 3.05) is 30.3 Å². The van der Waals surface area contributed by atoms with Gasteiger partial charge in [-0.2, -0.15) is 0 Å². The standard InChI is InChI=1S/C24H29N3O3S2/c1-2-30-23(29)20-18-8-4-5-9-19(18)32-21(20)26-24(31)25-17-12-10-16(11-13-17)22(28)27-14-6-3-7-15-27/h10-13H,2-9,14-15H2,1H3,(H2,25,26,31). The average molecular weight is 472 g/mol. The van der Waals surface area contributed by atoms with E-state index in [1.165, 1.54) is 11.3 Å². The number of hydrogen-bond acceptors (Lipinski definition) is 5. The summed E-state index contributed by atoms with van der Waals surface area (Å²) in [4.78, 5) is 28.4. The molecule has 4 rings (SSSR count). The first-order valence-electron chi connectivity index (χ1n) is 11.4. The third kappa shape index (κ3) is 5.13. The summed E-state index contributed by atoms with van der Waals surface area (Å²) in [6.07, 6.45) is 7.45. The van der Waals surface area contributed by atoms with E-state index in [0.717, 1.165) is 67.9 Å². The van der Waals surface area contributed by atoms with Crippen molar-refractivity contribution >= 4 is 51.2 Å². The first-order chi connectivity index (χ1) is 15.6. The summed E-state index contributed by atoms with van der Waals surface area (Å²) < 4.78 is 5.31. The van der Waals surface area contributed by atoms with Crippen LogP contribution in [0.3, 0.4) is 0 Å². The molecule has 0 radical (unpaired) electrons. The van der Waals surface area contributed by atoms with Crippen LogP contribution in [0.15, 0.2) is 24.3 Å². The Morgan fingerprint density at radius 1 is 1.03 bits per heavy atom. The Balaban J connectivity index is 1.43. The maximum absolute atomic E-state index is 12.7. The summed E-state index contributed by atoms with van der Waals surface area (Å²) in [5.74, 6) is -0.210. The first kappa shape index (κ1) is 22.7. The van der Waals surface area contributed by atoms with Crippen LogP contribution in [0.2, 0.25) is 0 Å². The van der Waals surface area contributed by atoms with E-state index in [-0.39, 0.29) is 11.9 Å². The second-order valence-electron chi connectivity index (χ2n) is 8.14. The van der Waals surface area contributed by atoms with Crippen molar-refractivity contribution < 1.29 is 14.3 Å². The number of anilines is 2. The molecule has 2 aromatic rings. The van der Waals surface area contributed by atoms with Crippen molar-refractivity contribution in [3.05, 3.63) is 45.8 Å². The molecule has 32 heavy (non-hydrogen) atoms. The van der Waals surface area contributed by atoms with Crippen LogP contribution in [-0.2, 0) is 17.6 Å². The predicted octanol–water partition coefficient (Wildman–Crippen LogP) is 5.24. The second kappa shape index (κ2) is 10.4. The van der Waals surface area contributed by atoms with Gasteiger partial charge in [-0.1, -0.05) is 0 Å². The molecule has 1 aliphatic carbocycles. The third-order valence-electron chi connectivity index (χ3n) is 5.91. The van der Waals surface area contributed by atoms with Gasteiger partial charge in [0.05, 0.1) is 12.2 Å². The molecular weight excluding hydrogens is 442 g/mol. The smallest absolute Gasteiger partial charge is 0.341 e. The van der Waals surface area contributed by atoms with Gasteiger partial charge in [-0.3, -0.25) is 4.79 Å². The zero-order valence-corrected chi connectivity index (χ0v) is 20.0. The largest absolute Gasteiger partial charge is 0.462 e. The summed E-state index contributed by atoms with van der Waals surface area (Å²) >= 11 is 7.10. The van der Waals surface area contributed by atoms with E-state index in [2.05, 4.69) is 10.6 Å². The number of thiophene rings is 1. The van der Waals surface area contributed by atoms with Gasteiger partial charge in [-0.05, 0) is 93.9 Å². The van der Waals surface area contributed by atoms with Crippen molar-refractivity contribution in [1.29, 1.82) is 0 Å². The minimum Gasteiger partial charge on any atom is -0.462 e. The molecule has 0 atom stereocenters. The molecule has 0 bridgehead atoms. The number of thiocarbonyl (C=S) groups is 1. The van der Waals surface area contributed by atoms with Crippen LogP contribution in [0.4, 0.5) is 10.7 Å². The molecule has 1 saturated heterocycles. The number of nitrogens with one attached hydrogen (secondary N) is 2. The molecule has 1 aromatic carbocycles. The number of carbonyl (C=O) groups excluding carboxylic acids is 2. The number of carbonyl (C=O) groups is 2. The number of rotatable bonds is 5. The zero-order valence-electron chi connectivity index (χ0n) is 18.4. The molecule has 1 aromatic heterocycles. The lowest BCUT2D eigenvalue weighted by Gasteiger charge is -2.26. The number of nitrogens with zero attached hydrogens (tertiary/aromatic N) is 1. The third-order valence-corrected chi connectivity index (χ3v) is 7.32. The Kier molecular flexibility index (Phi) is 7.42. The molecular formula is C24H29N3O3S2. The van der Waals surface area contributed by atoms with E-state index in [1.807, 2.05) is 36.1 Å². The molecule has 8 heteroatoms. The van der Waals surface area contributed by atoms with Gasteiger partial charge in [-0.25, -0.2) is 4.79 Å². The number of esters is 1. The van der Waals surface area contributed by atoms with E-state index in [0.29, 0.717) is 22.8 Å². The van der Waals surface area contributed by atoms with E-state index in [4.69, 9.17) is 17.0 Å². The fourth-order valence-electron chi connectivity index (χ4n) is 4.31. The quantitative estimate of drug-likeness (QED) is 0.459. The van der Waals surface area contributed by atoms with Gasteiger partial charge in [-0.15, -0.1) is 11.3 Å². The lowest BCUT2D eigenvalue weighted by Crippen LogP contribution is -2.35. The molecule has 0 unspecified atom stereocenters. The molecule has 170 valence electrons. The molecule has 1 aliphatic heterocycles. The Labute approximate surface area is 198 Å². The monoisotopic (exact) mass is 471 g/mol. The van der Waals surface area contributed by atoms with E-state index in [9.17, 15) is 9.59 Å². The fourth-order valence-corrected chi connectivity index (χ4v) is 5.88. The highest BCUT2D eigenvalue weighted by atomic mass is 32.1. The number of hydrogen-bond donors (Lipinski definition) is 2. The molecule has 0 spiro atoms. The highest BCUT2D eigenvalue weighted by molar-refractivity contribution is 7.80. The summed E-state index contributed by atoms with van der Waals surface area (Å²) in [6.45, 7) is 3.82. The molecule has 2 N–H and O–H groups in total. The van der Waals surface area contributed by atoms with Crippen LogP contribution < -0.4 is 10.6 Å². The number of likely N-dealkylation sites (tertiary alicyclic amines) is 1. The first-order valence-corrected chi connectivity index (χ1v) is 12.6. The summed E-state index contributed by atoms with van der Waals surface area (Å²) in [6, 6.07) is 7.37. The average Bonchev–Trinajstić information content (AvgIpc) is 3.17. The van der Waals surface area contributed by atoms with Crippen LogP contribution in [0.1, 0.15) is 70.2 Å². The Morgan fingerprint density at radius 2 is 1.75 bits per heavy atom. The summed E-state index contributed by atoms with van der Waals surface area (Å²) in [5.41, 5.74) is 3.20. The van der Waals surface area contributed by atoms with Crippen LogP contribution in [0, 0.1) is 0 Å². The maximum Gasteiger partial charge on any atom is 0.341 e. The van der Waals surface area contributed by atoms with Gasteiger partial charge in [0.15, 0.2) is 5.11 Å². The van der Waals surface area contributed by atoms with E-state index >= 15 is 0 Å². The lowest BCUT2D eigenvalue weighted by molar-refractivity contribution is 0.0526. The van der Waals surface area contributed by atoms with Gasteiger partial charge >= 0.3 is 5.97 Å². The highest BCUT2D eigenvalue weighted by Crippen LogP contribution is 2.38. The Bertz CT molecular complexity index is 995.